The number of nitrogens with two attached hydrogens (primary N) is 1. The predicted octanol–water partition coefficient (Wildman–Crippen LogP) is 1.33. The van der Waals surface area contributed by atoms with Crippen LogP contribution in [-0.4, -0.2) is 27.7 Å². The summed E-state index contributed by atoms with van der Waals surface area (Å²) >= 11 is 1.17. The van der Waals surface area contributed by atoms with Crippen molar-refractivity contribution in [2.75, 3.05) is 0 Å². The van der Waals surface area contributed by atoms with Gasteiger partial charge in [-0.25, -0.2) is 27.3 Å². The lowest BCUT2D eigenvalue weighted by molar-refractivity contribution is 0.588. The average Bonchev–Trinajstić information content (AvgIpc) is 3.04. The number of sulfonamides is 1. The second-order valence-corrected chi connectivity index (χ2v) is 9.51. The molecule has 1 aromatic carbocycles. The third-order valence-corrected chi connectivity index (χ3v) is 6.60. The van der Waals surface area contributed by atoms with Gasteiger partial charge in [0.05, 0.1) is 10.4 Å². The Labute approximate surface area is 152 Å². The zero-order valence-electron chi connectivity index (χ0n) is 14.3. The van der Waals surface area contributed by atoms with E-state index in [1.165, 1.54) is 23.0 Å². The molecule has 0 bridgehead atoms. The Morgan fingerprint density at radius 1 is 1.31 bits per heavy atom. The second-order valence-electron chi connectivity index (χ2n) is 6.82. The molecule has 3 aromatic rings. The first-order valence-electron chi connectivity index (χ1n) is 7.82. The maximum atomic E-state index is 14.8. The quantitative estimate of drug-likeness (QED) is 0.716. The molecule has 2 N–H and O–H groups in total. The van der Waals surface area contributed by atoms with Crippen LogP contribution in [0.3, 0.4) is 0 Å². The molecule has 0 amide bonds. The van der Waals surface area contributed by atoms with Gasteiger partial charge in [0, 0.05) is 12.6 Å². The van der Waals surface area contributed by atoms with Gasteiger partial charge in [-0.05, 0) is 31.2 Å². The van der Waals surface area contributed by atoms with Crippen molar-refractivity contribution in [2.24, 2.45) is 12.2 Å². The summed E-state index contributed by atoms with van der Waals surface area (Å²) in [4.78, 5) is 12.5. The van der Waals surface area contributed by atoms with Gasteiger partial charge in [0.25, 0.3) is 0 Å². The molecule has 4 rings (SSSR count). The van der Waals surface area contributed by atoms with E-state index >= 15 is 0 Å². The zero-order valence-corrected chi connectivity index (χ0v) is 15.9. The van der Waals surface area contributed by atoms with Crippen LogP contribution in [0.1, 0.15) is 30.3 Å². The highest BCUT2D eigenvalue weighted by atomic mass is 32.2. The number of rotatable bonds is 3. The van der Waals surface area contributed by atoms with Gasteiger partial charge in [-0.3, -0.25) is 4.57 Å². The van der Waals surface area contributed by atoms with E-state index in [2.05, 4.69) is 10.2 Å². The van der Waals surface area contributed by atoms with Crippen LogP contribution < -0.4 is 10.8 Å². The van der Waals surface area contributed by atoms with E-state index in [4.69, 9.17) is 5.14 Å². The molecule has 138 valence electrons. The summed E-state index contributed by atoms with van der Waals surface area (Å²) in [6.45, 7) is 3.61. The predicted molar refractivity (Wildman–Crippen MR) is 94.6 cm³/mol. The molecule has 26 heavy (non-hydrogen) atoms. The lowest BCUT2D eigenvalue weighted by atomic mass is 9.96. The van der Waals surface area contributed by atoms with Gasteiger partial charge in [-0.15, -0.1) is 10.2 Å². The zero-order chi connectivity index (χ0) is 19.0. The van der Waals surface area contributed by atoms with Crippen molar-refractivity contribution in [1.82, 2.24) is 19.3 Å². The number of hydrogen-bond acceptors (Lipinski definition) is 6. The summed E-state index contributed by atoms with van der Waals surface area (Å²) in [5.74, 6) is -0.823. The second kappa shape index (κ2) is 5.21. The number of nitrogens with zero attached hydrogens (tertiary/aromatic N) is 4. The highest BCUT2D eigenvalue weighted by molar-refractivity contribution is 7.89. The average molecular weight is 397 g/mol. The Morgan fingerprint density at radius 2 is 1.96 bits per heavy atom. The monoisotopic (exact) mass is 397 g/mol. The number of halogens is 1. The van der Waals surface area contributed by atoms with Crippen LogP contribution in [0.15, 0.2) is 15.8 Å². The molecule has 0 unspecified atom stereocenters. The number of aromatic nitrogens is 4. The van der Waals surface area contributed by atoms with Gasteiger partial charge in [0.15, 0.2) is 5.82 Å². The van der Waals surface area contributed by atoms with Crippen molar-refractivity contribution in [3.63, 3.8) is 0 Å². The van der Waals surface area contributed by atoms with E-state index in [1.807, 2.05) is 6.92 Å². The first kappa shape index (κ1) is 17.3. The fourth-order valence-corrected chi connectivity index (χ4v) is 4.86. The van der Waals surface area contributed by atoms with Crippen LogP contribution in [0.4, 0.5) is 4.39 Å². The van der Waals surface area contributed by atoms with E-state index in [0.29, 0.717) is 23.4 Å². The topological polar surface area (TPSA) is 113 Å². The minimum absolute atomic E-state index is 0.0263. The Kier molecular flexibility index (Phi) is 3.47. The van der Waals surface area contributed by atoms with Crippen LogP contribution in [0.25, 0.3) is 16.2 Å². The molecule has 1 fully saturated rings. The normalized spacial score (nSPS) is 16.3. The van der Waals surface area contributed by atoms with Crippen molar-refractivity contribution < 1.29 is 12.8 Å². The highest BCUT2D eigenvalue weighted by Gasteiger charge is 2.45. The Hall–Kier alpha value is -2.11. The molecule has 0 aliphatic heterocycles. The molecule has 2 heterocycles. The van der Waals surface area contributed by atoms with Gasteiger partial charge in [-0.2, -0.15) is 0 Å². The first-order chi connectivity index (χ1) is 12.0. The summed E-state index contributed by atoms with van der Waals surface area (Å²) in [5, 5.41) is 14.2. The Bertz CT molecular complexity index is 1230. The van der Waals surface area contributed by atoms with Crippen molar-refractivity contribution in [3.05, 3.63) is 32.9 Å². The molecule has 0 spiro atoms. The summed E-state index contributed by atoms with van der Waals surface area (Å²) in [6.07, 6.45) is 1.43. The number of primary sulfonamides is 1. The number of aryl methyl sites for hydroxylation is 2. The van der Waals surface area contributed by atoms with E-state index < -0.39 is 26.9 Å². The summed E-state index contributed by atoms with van der Waals surface area (Å²) in [6, 6.07) is 0.908. The maximum absolute atomic E-state index is 14.8. The number of benzene rings is 1. The SMILES string of the molecule is Cc1nnc(-n2c(=O)n(C)c3c(F)cc(S(N)(=O)=O)c(C4(C)CC4)c32)s1. The van der Waals surface area contributed by atoms with E-state index in [-0.39, 0.29) is 21.1 Å². The molecule has 11 heteroatoms. The summed E-state index contributed by atoms with van der Waals surface area (Å²) < 4.78 is 41.5. The fraction of sp³-hybridized carbons (Fsp3) is 0.400. The number of imidazole rings is 1. The van der Waals surface area contributed by atoms with E-state index in [0.717, 1.165) is 10.6 Å². The van der Waals surface area contributed by atoms with Crippen LogP contribution in [0, 0.1) is 12.7 Å². The molecular weight excluding hydrogens is 381 g/mol. The lowest BCUT2D eigenvalue weighted by Crippen LogP contribution is -2.22. The van der Waals surface area contributed by atoms with Crippen LogP contribution in [0.5, 0.6) is 0 Å². The van der Waals surface area contributed by atoms with Gasteiger partial charge < -0.3 is 0 Å². The molecule has 0 atom stereocenters. The molecule has 0 saturated heterocycles. The van der Waals surface area contributed by atoms with Gasteiger partial charge >= 0.3 is 5.69 Å². The molecular formula is C15H16FN5O3S2. The van der Waals surface area contributed by atoms with E-state index in [1.54, 1.807) is 6.92 Å². The smallest absolute Gasteiger partial charge is 0.292 e. The van der Waals surface area contributed by atoms with Crippen molar-refractivity contribution in [2.45, 2.75) is 37.0 Å². The first-order valence-corrected chi connectivity index (χ1v) is 10.2. The van der Waals surface area contributed by atoms with Crippen LogP contribution >= 0.6 is 11.3 Å². The molecule has 2 aromatic heterocycles. The molecule has 1 aliphatic rings. The standard InChI is InChI=1S/C15H16FN5O3S2/c1-7-18-19-13(25-7)21-12-10(15(2)4-5-15)9(26(17,23)24)6-8(16)11(12)20(3)14(21)22/h6H,4-5H2,1-3H3,(H2,17,23,24). The maximum Gasteiger partial charge on any atom is 0.335 e. The van der Waals surface area contributed by atoms with Crippen molar-refractivity contribution >= 4 is 32.4 Å². The van der Waals surface area contributed by atoms with Crippen molar-refractivity contribution in [1.29, 1.82) is 0 Å². The van der Waals surface area contributed by atoms with Gasteiger partial charge in [0.1, 0.15) is 10.5 Å². The highest BCUT2D eigenvalue weighted by Crippen LogP contribution is 2.52. The molecule has 1 saturated carbocycles. The molecule has 8 nitrogen and oxygen atoms in total. The van der Waals surface area contributed by atoms with E-state index in [9.17, 15) is 17.6 Å². The molecule has 0 radical (unpaired) electrons. The Morgan fingerprint density at radius 3 is 2.46 bits per heavy atom. The summed E-state index contributed by atoms with van der Waals surface area (Å²) in [7, 11) is -2.75. The minimum atomic E-state index is -4.19. The number of hydrogen-bond donors (Lipinski definition) is 1. The molecule has 1 aliphatic carbocycles. The summed E-state index contributed by atoms with van der Waals surface area (Å²) in [5.41, 5.74) is -0.437. The van der Waals surface area contributed by atoms with Crippen molar-refractivity contribution in [3.8, 4) is 5.13 Å². The van der Waals surface area contributed by atoms with Crippen LogP contribution in [0.2, 0.25) is 0 Å². The Balaban J connectivity index is 2.29. The third kappa shape index (κ3) is 2.34. The third-order valence-electron chi connectivity index (χ3n) is 4.85. The largest absolute Gasteiger partial charge is 0.335 e. The fourth-order valence-electron chi connectivity index (χ4n) is 3.28. The minimum Gasteiger partial charge on any atom is -0.292 e. The van der Waals surface area contributed by atoms with Crippen LogP contribution in [-0.2, 0) is 22.5 Å². The van der Waals surface area contributed by atoms with Gasteiger partial charge in [0.2, 0.25) is 15.2 Å². The number of fused-ring (bicyclic) bond motifs is 1. The lowest BCUT2D eigenvalue weighted by Gasteiger charge is -2.17. The van der Waals surface area contributed by atoms with Gasteiger partial charge in [-0.1, -0.05) is 18.3 Å².